The van der Waals surface area contributed by atoms with Crippen LogP contribution >= 0.6 is 0 Å². The number of halogens is 1. The van der Waals surface area contributed by atoms with Crippen molar-refractivity contribution in [3.8, 4) is 0 Å². The summed E-state index contributed by atoms with van der Waals surface area (Å²) in [6, 6.07) is 12.2. The second-order valence-corrected chi connectivity index (χ2v) is 11.9. The van der Waals surface area contributed by atoms with E-state index >= 15 is 0 Å². The van der Waals surface area contributed by atoms with Gasteiger partial charge >= 0.3 is 0 Å². The molecule has 0 spiro atoms. The average Bonchev–Trinajstić information content (AvgIpc) is 3.37. The molecule has 4 rings (SSSR count). The lowest BCUT2D eigenvalue weighted by Crippen LogP contribution is -2.51. The van der Waals surface area contributed by atoms with E-state index in [9.17, 15) is 22.4 Å². The summed E-state index contributed by atoms with van der Waals surface area (Å²) in [5.41, 5.74) is 1.37. The zero-order valence-corrected chi connectivity index (χ0v) is 22.5. The number of aryl methyl sites for hydroxylation is 2. The molecular formula is C28H33FN4O4S. The van der Waals surface area contributed by atoms with E-state index in [0.717, 1.165) is 11.4 Å². The summed E-state index contributed by atoms with van der Waals surface area (Å²) in [7, 11) is -3.43. The van der Waals surface area contributed by atoms with Crippen molar-refractivity contribution in [2.75, 3.05) is 18.8 Å². The van der Waals surface area contributed by atoms with Crippen LogP contribution in [-0.4, -0.2) is 59.6 Å². The largest absolute Gasteiger partial charge is 0.344 e. The van der Waals surface area contributed by atoms with Crippen LogP contribution < -0.4 is 5.32 Å². The molecule has 3 aromatic rings. The van der Waals surface area contributed by atoms with E-state index in [1.165, 1.54) is 13.0 Å². The van der Waals surface area contributed by atoms with Crippen LogP contribution in [0.15, 0.2) is 65.8 Å². The first-order chi connectivity index (χ1) is 18.1. The van der Waals surface area contributed by atoms with Crippen molar-refractivity contribution < 1.29 is 22.4 Å². The number of rotatable bonds is 9. The molecule has 1 atom stereocenters. The second-order valence-electron chi connectivity index (χ2n) is 9.76. The second kappa shape index (κ2) is 11.9. The predicted molar refractivity (Wildman–Crippen MR) is 142 cm³/mol. The minimum absolute atomic E-state index is 0.0365. The molecule has 2 amide bonds. The number of benzene rings is 2. The maximum atomic E-state index is 14.2. The molecule has 10 heteroatoms. The van der Waals surface area contributed by atoms with Gasteiger partial charge in [-0.15, -0.1) is 0 Å². The summed E-state index contributed by atoms with van der Waals surface area (Å²) >= 11 is 0. The first-order valence-electron chi connectivity index (χ1n) is 12.7. The quantitative estimate of drug-likeness (QED) is 0.449. The minimum Gasteiger partial charge on any atom is -0.344 e. The minimum atomic E-state index is -3.43. The number of hydrogen-bond acceptors (Lipinski definition) is 5. The maximum absolute atomic E-state index is 14.2. The smallest absolute Gasteiger partial charge is 0.245 e. The monoisotopic (exact) mass is 540 g/mol. The fraction of sp³-hybridized carbons (Fsp3) is 0.393. The molecule has 1 aromatic heterocycles. The first-order valence-corrected chi connectivity index (χ1v) is 14.4. The molecule has 0 aliphatic carbocycles. The number of likely N-dealkylation sites (tertiary alicyclic amines) is 1. The number of nitrogens with one attached hydrogen (secondary N) is 1. The van der Waals surface area contributed by atoms with E-state index in [2.05, 4.69) is 10.3 Å². The Bertz CT molecular complexity index is 1380. The Kier molecular flexibility index (Phi) is 8.61. The highest BCUT2D eigenvalue weighted by molar-refractivity contribution is 7.91. The van der Waals surface area contributed by atoms with Gasteiger partial charge in [-0.1, -0.05) is 35.9 Å². The van der Waals surface area contributed by atoms with Crippen molar-refractivity contribution >= 4 is 21.7 Å². The van der Waals surface area contributed by atoms with Gasteiger partial charge in [-0.2, -0.15) is 0 Å². The van der Waals surface area contributed by atoms with Gasteiger partial charge in [-0.05, 0) is 43.5 Å². The highest BCUT2D eigenvalue weighted by Crippen LogP contribution is 2.28. The number of sulfone groups is 1. The predicted octanol–water partition coefficient (Wildman–Crippen LogP) is 3.26. The van der Waals surface area contributed by atoms with Crippen LogP contribution in [0.25, 0.3) is 0 Å². The van der Waals surface area contributed by atoms with Crippen LogP contribution in [0.3, 0.4) is 0 Å². The summed E-state index contributed by atoms with van der Waals surface area (Å²) in [6.07, 6.45) is 4.84. The normalized spacial score (nSPS) is 15.3. The van der Waals surface area contributed by atoms with Crippen molar-refractivity contribution in [1.29, 1.82) is 0 Å². The van der Waals surface area contributed by atoms with E-state index in [1.807, 2.05) is 11.5 Å². The number of hydrogen-bond donors (Lipinski definition) is 1. The molecule has 1 unspecified atom stereocenters. The molecule has 202 valence electrons. The summed E-state index contributed by atoms with van der Waals surface area (Å²) in [5, 5.41) is 2.68. The van der Waals surface area contributed by atoms with Crippen molar-refractivity contribution in [2.24, 2.45) is 0 Å². The molecule has 2 aromatic carbocycles. The van der Waals surface area contributed by atoms with E-state index in [0.29, 0.717) is 36.4 Å². The Hall–Kier alpha value is -3.53. The number of imidazole rings is 1. The van der Waals surface area contributed by atoms with Crippen LogP contribution in [0.4, 0.5) is 4.39 Å². The van der Waals surface area contributed by atoms with Crippen molar-refractivity contribution in [2.45, 2.75) is 56.5 Å². The number of amides is 2. The van der Waals surface area contributed by atoms with Gasteiger partial charge in [-0.25, -0.2) is 17.8 Å². The van der Waals surface area contributed by atoms with Gasteiger partial charge in [0.1, 0.15) is 17.7 Å². The zero-order chi connectivity index (χ0) is 27.3. The van der Waals surface area contributed by atoms with Gasteiger partial charge in [0, 0.05) is 51.3 Å². The third kappa shape index (κ3) is 6.66. The SMILES string of the molecule is CC(=O)NC(Cc1ccccc1F)C(=O)N1CCC(c2nccn2CCS(=O)(=O)c2ccc(C)cc2)CC1. The molecule has 1 fully saturated rings. The van der Waals surface area contributed by atoms with Crippen molar-refractivity contribution in [3.63, 3.8) is 0 Å². The molecule has 0 radical (unpaired) electrons. The van der Waals surface area contributed by atoms with Crippen LogP contribution in [0.5, 0.6) is 0 Å². The molecule has 1 N–H and O–H groups in total. The van der Waals surface area contributed by atoms with Gasteiger partial charge in [0.15, 0.2) is 9.84 Å². The third-order valence-corrected chi connectivity index (χ3v) is 8.67. The lowest BCUT2D eigenvalue weighted by atomic mass is 9.94. The Labute approximate surface area is 222 Å². The fourth-order valence-corrected chi connectivity index (χ4v) is 6.08. The van der Waals surface area contributed by atoms with Crippen molar-refractivity contribution in [3.05, 3.63) is 83.7 Å². The number of nitrogens with zero attached hydrogens (tertiary/aromatic N) is 3. The average molecular weight is 541 g/mol. The lowest BCUT2D eigenvalue weighted by Gasteiger charge is -2.34. The van der Waals surface area contributed by atoms with Crippen LogP contribution in [0, 0.1) is 12.7 Å². The molecule has 0 bridgehead atoms. The Morgan fingerprint density at radius 1 is 1.11 bits per heavy atom. The van der Waals surface area contributed by atoms with E-state index < -0.39 is 21.7 Å². The van der Waals surface area contributed by atoms with Crippen LogP contribution in [0.2, 0.25) is 0 Å². The van der Waals surface area contributed by atoms with E-state index in [-0.39, 0.29) is 36.5 Å². The van der Waals surface area contributed by atoms with Crippen LogP contribution in [-0.2, 0) is 32.4 Å². The first kappa shape index (κ1) is 27.5. The number of carbonyl (C=O) groups excluding carboxylic acids is 2. The fourth-order valence-electron chi connectivity index (χ4n) is 4.86. The van der Waals surface area contributed by atoms with Crippen molar-refractivity contribution in [1.82, 2.24) is 19.8 Å². The third-order valence-electron chi connectivity index (χ3n) is 6.96. The molecule has 1 aliphatic heterocycles. The topological polar surface area (TPSA) is 101 Å². The van der Waals surface area contributed by atoms with Gasteiger partial charge in [0.25, 0.3) is 0 Å². The molecule has 0 saturated carbocycles. The van der Waals surface area contributed by atoms with Gasteiger partial charge < -0.3 is 14.8 Å². The number of piperidine rings is 1. The van der Waals surface area contributed by atoms with E-state index in [4.69, 9.17) is 0 Å². The summed E-state index contributed by atoms with van der Waals surface area (Å²) < 4.78 is 41.7. The Morgan fingerprint density at radius 3 is 2.45 bits per heavy atom. The zero-order valence-electron chi connectivity index (χ0n) is 21.6. The number of aromatic nitrogens is 2. The molecule has 8 nitrogen and oxygen atoms in total. The molecule has 1 saturated heterocycles. The standard InChI is InChI=1S/C28H33FN4O4S/c1-20-7-9-24(10-8-20)38(36,37)18-17-32-16-13-30-27(32)22-11-14-33(15-12-22)28(35)26(31-21(2)34)19-23-5-3-4-6-25(23)29/h3-10,13,16,22,26H,11-12,14-15,17-19H2,1-2H3,(H,31,34). The van der Waals surface area contributed by atoms with Gasteiger partial charge in [0.05, 0.1) is 10.6 Å². The molecule has 2 heterocycles. The van der Waals surface area contributed by atoms with Gasteiger partial charge in [0.2, 0.25) is 11.8 Å². The molecule has 1 aliphatic rings. The van der Waals surface area contributed by atoms with E-state index in [1.54, 1.807) is 59.8 Å². The highest BCUT2D eigenvalue weighted by Gasteiger charge is 2.31. The molecular weight excluding hydrogens is 507 g/mol. The highest BCUT2D eigenvalue weighted by atomic mass is 32.2. The van der Waals surface area contributed by atoms with Crippen LogP contribution in [0.1, 0.15) is 42.6 Å². The summed E-state index contributed by atoms with van der Waals surface area (Å²) in [5.74, 6) is -0.161. The summed E-state index contributed by atoms with van der Waals surface area (Å²) in [6.45, 7) is 4.47. The summed E-state index contributed by atoms with van der Waals surface area (Å²) in [4.78, 5) is 31.6. The van der Waals surface area contributed by atoms with Gasteiger partial charge in [-0.3, -0.25) is 9.59 Å². The molecule has 38 heavy (non-hydrogen) atoms. The Balaban J connectivity index is 1.38. The number of carbonyl (C=O) groups is 2. The maximum Gasteiger partial charge on any atom is 0.245 e. The lowest BCUT2D eigenvalue weighted by molar-refractivity contribution is -0.137. The Morgan fingerprint density at radius 2 is 1.79 bits per heavy atom.